The molecule has 0 radical (unpaired) electrons. The van der Waals surface area contributed by atoms with Crippen LogP contribution in [0.3, 0.4) is 0 Å². The van der Waals surface area contributed by atoms with Crippen LogP contribution in [0.2, 0.25) is 5.02 Å². The van der Waals surface area contributed by atoms with Gasteiger partial charge in [0.25, 0.3) is 0 Å². The van der Waals surface area contributed by atoms with Gasteiger partial charge in [-0.15, -0.1) is 0 Å². The van der Waals surface area contributed by atoms with Crippen molar-refractivity contribution in [1.82, 2.24) is 0 Å². The monoisotopic (exact) mass is 285 g/mol. The van der Waals surface area contributed by atoms with Gasteiger partial charge in [-0.2, -0.15) is 0 Å². The van der Waals surface area contributed by atoms with Crippen LogP contribution in [-0.4, -0.2) is 31.3 Å². The highest BCUT2D eigenvalue weighted by Gasteiger charge is 2.13. The Balaban J connectivity index is 3.00. The molecule has 0 atom stereocenters. The summed E-state index contributed by atoms with van der Waals surface area (Å²) in [4.78, 5) is 22.6. The number of anilines is 1. The van der Waals surface area contributed by atoms with E-state index in [4.69, 9.17) is 11.6 Å². The molecule has 1 aromatic carbocycles. The molecule has 0 bridgehead atoms. The highest BCUT2D eigenvalue weighted by atomic mass is 35.5. The lowest BCUT2D eigenvalue weighted by molar-refractivity contribution is -0.138. The SMILES string of the molecule is COC(=O)/C=C(/Nc1ccc(O)c(Cl)c1)C(=O)OC. The van der Waals surface area contributed by atoms with E-state index in [0.717, 1.165) is 6.08 Å². The minimum Gasteiger partial charge on any atom is -0.506 e. The third-order valence-corrected chi connectivity index (χ3v) is 2.40. The molecule has 6 nitrogen and oxygen atoms in total. The average Bonchev–Trinajstić information content (AvgIpc) is 2.41. The van der Waals surface area contributed by atoms with Gasteiger partial charge in [0, 0.05) is 5.69 Å². The molecule has 0 aliphatic heterocycles. The molecule has 1 rings (SSSR count). The summed E-state index contributed by atoms with van der Waals surface area (Å²) < 4.78 is 8.95. The molecule has 0 fully saturated rings. The summed E-state index contributed by atoms with van der Waals surface area (Å²) in [6.45, 7) is 0. The molecule has 1 aromatic rings. The topological polar surface area (TPSA) is 84.9 Å². The minimum absolute atomic E-state index is 0.0937. The molecular formula is C12H12ClNO5. The Morgan fingerprint density at radius 1 is 1.32 bits per heavy atom. The molecule has 19 heavy (non-hydrogen) atoms. The van der Waals surface area contributed by atoms with Gasteiger partial charge in [-0.3, -0.25) is 0 Å². The van der Waals surface area contributed by atoms with Gasteiger partial charge < -0.3 is 19.9 Å². The smallest absolute Gasteiger partial charge is 0.354 e. The largest absolute Gasteiger partial charge is 0.506 e. The lowest BCUT2D eigenvalue weighted by Gasteiger charge is -2.09. The quantitative estimate of drug-likeness (QED) is 0.497. The minimum atomic E-state index is -0.741. The second-order valence-corrected chi connectivity index (χ2v) is 3.77. The number of hydrogen-bond acceptors (Lipinski definition) is 6. The van der Waals surface area contributed by atoms with Crippen LogP contribution in [0, 0.1) is 0 Å². The summed E-state index contributed by atoms with van der Waals surface area (Å²) in [5.41, 5.74) is 0.291. The number of hydrogen-bond donors (Lipinski definition) is 2. The van der Waals surface area contributed by atoms with Crippen molar-refractivity contribution in [2.45, 2.75) is 0 Å². The molecule has 7 heteroatoms. The van der Waals surface area contributed by atoms with Crippen molar-refractivity contribution >= 4 is 29.2 Å². The first kappa shape index (κ1) is 14.8. The molecule has 0 aliphatic rings. The molecule has 0 saturated carbocycles. The van der Waals surface area contributed by atoms with Gasteiger partial charge in [0.1, 0.15) is 11.4 Å². The van der Waals surface area contributed by atoms with Crippen molar-refractivity contribution < 1.29 is 24.2 Å². The highest BCUT2D eigenvalue weighted by molar-refractivity contribution is 6.32. The third-order valence-electron chi connectivity index (χ3n) is 2.10. The van der Waals surface area contributed by atoms with E-state index in [1.54, 1.807) is 0 Å². The number of phenolic OH excluding ortho intramolecular Hbond substituents is 1. The first-order valence-corrected chi connectivity index (χ1v) is 5.49. The third kappa shape index (κ3) is 4.18. The molecule has 0 aromatic heterocycles. The van der Waals surface area contributed by atoms with Gasteiger partial charge in [-0.1, -0.05) is 11.6 Å². The number of halogens is 1. The van der Waals surface area contributed by atoms with E-state index < -0.39 is 11.9 Å². The fourth-order valence-electron chi connectivity index (χ4n) is 1.17. The van der Waals surface area contributed by atoms with Gasteiger partial charge in [-0.25, -0.2) is 9.59 Å². The molecule has 0 saturated heterocycles. The summed E-state index contributed by atoms with van der Waals surface area (Å²) in [7, 11) is 2.37. The van der Waals surface area contributed by atoms with E-state index in [1.165, 1.54) is 32.4 Å². The van der Waals surface area contributed by atoms with Gasteiger partial charge in [0.05, 0.1) is 25.3 Å². The molecule has 102 valence electrons. The first-order chi connectivity index (χ1) is 8.97. The number of methoxy groups -OCH3 is 2. The zero-order valence-corrected chi connectivity index (χ0v) is 11.0. The maximum atomic E-state index is 11.5. The van der Waals surface area contributed by atoms with Crippen LogP contribution in [0.5, 0.6) is 5.75 Å². The lowest BCUT2D eigenvalue weighted by atomic mass is 10.2. The van der Waals surface area contributed by atoms with E-state index in [1.807, 2.05) is 0 Å². The molecule has 0 amide bonds. The summed E-state index contributed by atoms with van der Waals surface area (Å²) >= 11 is 5.73. The molecular weight excluding hydrogens is 274 g/mol. The standard InChI is InChI=1S/C12H12ClNO5/c1-18-11(16)6-9(12(17)19-2)14-7-3-4-10(15)8(13)5-7/h3-6,14-15H,1-2H3/b9-6+. The predicted molar refractivity (Wildman–Crippen MR) is 68.9 cm³/mol. The number of carbonyl (C=O) groups excluding carboxylic acids is 2. The number of carbonyl (C=O) groups is 2. The number of ether oxygens (including phenoxy) is 2. The molecule has 0 spiro atoms. The van der Waals surface area contributed by atoms with Gasteiger partial charge in [0.2, 0.25) is 0 Å². The fourth-order valence-corrected chi connectivity index (χ4v) is 1.35. The second-order valence-electron chi connectivity index (χ2n) is 3.36. The zero-order chi connectivity index (χ0) is 14.4. The molecule has 0 heterocycles. The van der Waals surface area contributed by atoms with Crippen LogP contribution < -0.4 is 5.32 Å². The number of nitrogens with one attached hydrogen (secondary N) is 1. The predicted octanol–water partition coefficient (Wildman–Crippen LogP) is 1.69. The summed E-state index contributed by atoms with van der Waals surface area (Å²) in [5.74, 6) is -1.55. The molecule has 0 aliphatic carbocycles. The summed E-state index contributed by atoms with van der Waals surface area (Å²) in [5, 5.41) is 12.0. The zero-order valence-electron chi connectivity index (χ0n) is 10.3. The van der Waals surface area contributed by atoms with Crippen molar-refractivity contribution in [3.63, 3.8) is 0 Å². The van der Waals surface area contributed by atoms with Crippen molar-refractivity contribution in [2.24, 2.45) is 0 Å². The van der Waals surface area contributed by atoms with Gasteiger partial charge in [-0.05, 0) is 18.2 Å². The number of phenols is 1. The maximum Gasteiger partial charge on any atom is 0.354 e. The maximum absolute atomic E-state index is 11.5. The number of benzene rings is 1. The van der Waals surface area contributed by atoms with Gasteiger partial charge >= 0.3 is 11.9 Å². The Hall–Kier alpha value is -2.21. The van der Waals surface area contributed by atoms with Crippen molar-refractivity contribution in [3.8, 4) is 5.75 Å². The van der Waals surface area contributed by atoms with E-state index in [0.29, 0.717) is 5.69 Å². The van der Waals surface area contributed by atoms with Crippen LogP contribution >= 0.6 is 11.6 Å². The average molecular weight is 286 g/mol. The Morgan fingerprint density at radius 2 is 2.00 bits per heavy atom. The van der Waals surface area contributed by atoms with E-state index in [2.05, 4.69) is 14.8 Å². The van der Waals surface area contributed by atoms with Crippen LogP contribution in [0.1, 0.15) is 0 Å². The fraction of sp³-hybridized carbons (Fsp3) is 0.167. The Morgan fingerprint density at radius 3 is 2.53 bits per heavy atom. The van der Waals surface area contributed by atoms with E-state index in [-0.39, 0.29) is 16.5 Å². The van der Waals surface area contributed by atoms with Crippen LogP contribution in [-0.2, 0) is 19.1 Å². The highest BCUT2D eigenvalue weighted by Crippen LogP contribution is 2.26. The normalized spacial score (nSPS) is 10.8. The number of aromatic hydroxyl groups is 1. The summed E-state index contributed by atoms with van der Waals surface area (Å²) in [6, 6.07) is 4.22. The van der Waals surface area contributed by atoms with Crippen molar-refractivity contribution in [2.75, 3.05) is 19.5 Å². The number of rotatable bonds is 4. The van der Waals surface area contributed by atoms with Gasteiger partial charge in [0.15, 0.2) is 0 Å². The van der Waals surface area contributed by atoms with Crippen LogP contribution in [0.15, 0.2) is 30.0 Å². The number of esters is 2. The second kappa shape index (κ2) is 6.65. The Bertz CT molecular complexity index is 527. The molecule has 2 N–H and O–H groups in total. The summed E-state index contributed by atoms with van der Waals surface area (Å²) in [6.07, 6.45) is 0.951. The Kier molecular flexibility index (Phi) is 5.20. The van der Waals surface area contributed by atoms with Crippen molar-refractivity contribution in [3.05, 3.63) is 35.0 Å². The molecule has 0 unspecified atom stereocenters. The van der Waals surface area contributed by atoms with E-state index in [9.17, 15) is 14.7 Å². The van der Waals surface area contributed by atoms with E-state index >= 15 is 0 Å². The van der Waals surface area contributed by atoms with Crippen LogP contribution in [0.4, 0.5) is 5.69 Å². The Labute approximate surface area is 114 Å². The first-order valence-electron chi connectivity index (χ1n) is 5.11. The van der Waals surface area contributed by atoms with Crippen LogP contribution in [0.25, 0.3) is 0 Å². The van der Waals surface area contributed by atoms with Crippen molar-refractivity contribution in [1.29, 1.82) is 0 Å². The lowest BCUT2D eigenvalue weighted by Crippen LogP contribution is -2.15.